The van der Waals surface area contributed by atoms with Crippen molar-refractivity contribution in [1.82, 2.24) is 0 Å². The van der Waals surface area contributed by atoms with Gasteiger partial charge in [-0.3, -0.25) is 4.79 Å². The molecule has 9 heteroatoms. The van der Waals surface area contributed by atoms with Gasteiger partial charge in [0, 0.05) is 17.4 Å². The standard InChI is InChI=1S/C28H29FO7S/c1-3-26(30)35-20-6-19-34-23-10-7-22(8-11-23)9-16-27(31)37-25-14-12-24(13-15-25)33-17-4-5-18-36-28(32)21(2)29/h3,7-16H,1-2,4-6,17-20H2/b16-9+. The molecule has 0 N–H and O–H groups in total. The van der Waals surface area contributed by atoms with Crippen LogP contribution < -0.4 is 9.47 Å². The summed E-state index contributed by atoms with van der Waals surface area (Å²) in [6, 6.07) is 14.4. The van der Waals surface area contributed by atoms with E-state index in [0.29, 0.717) is 44.0 Å². The van der Waals surface area contributed by atoms with Crippen molar-refractivity contribution >= 4 is 34.9 Å². The van der Waals surface area contributed by atoms with E-state index in [-0.39, 0.29) is 18.3 Å². The summed E-state index contributed by atoms with van der Waals surface area (Å²) in [4.78, 5) is 35.0. The number of thioether (sulfide) groups is 1. The van der Waals surface area contributed by atoms with E-state index in [1.54, 1.807) is 42.5 Å². The van der Waals surface area contributed by atoms with Gasteiger partial charge in [-0.1, -0.05) is 31.4 Å². The van der Waals surface area contributed by atoms with Gasteiger partial charge in [0.2, 0.25) is 10.9 Å². The van der Waals surface area contributed by atoms with Crippen molar-refractivity contribution in [3.8, 4) is 11.5 Å². The maximum Gasteiger partial charge on any atom is 0.366 e. The van der Waals surface area contributed by atoms with Crippen molar-refractivity contribution in [2.75, 3.05) is 26.4 Å². The first-order valence-electron chi connectivity index (χ1n) is 11.5. The second-order valence-corrected chi connectivity index (χ2v) is 8.54. The highest BCUT2D eigenvalue weighted by Crippen LogP contribution is 2.23. The molecule has 0 amide bonds. The molecule has 0 spiro atoms. The molecule has 0 radical (unpaired) electrons. The third-order valence-electron chi connectivity index (χ3n) is 4.56. The maximum absolute atomic E-state index is 12.5. The number of ether oxygens (including phenoxy) is 4. The largest absolute Gasteiger partial charge is 0.494 e. The molecule has 0 saturated carbocycles. The molecule has 0 fully saturated rings. The van der Waals surface area contributed by atoms with E-state index >= 15 is 0 Å². The van der Waals surface area contributed by atoms with Gasteiger partial charge in [-0.15, -0.1) is 0 Å². The van der Waals surface area contributed by atoms with Crippen molar-refractivity contribution in [2.45, 2.75) is 24.2 Å². The minimum absolute atomic E-state index is 0.102. The molecule has 0 atom stereocenters. The van der Waals surface area contributed by atoms with Crippen LogP contribution in [-0.4, -0.2) is 43.5 Å². The second kappa shape index (κ2) is 16.8. The van der Waals surface area contributed by atoms with Gasteiger partial charge < -0.3 is 18.9 Å². The van der Waals surface area contributed by atoms with E-state index < -0.39 is 17.8 Å². The minimum atomic E-state index is -1.11. The second-order valence-electron chi connectivity index (χ2n) is 7.46. The van der Waals surface area contributed by atoms with E-state index in [9.17, 15) is 18.8 Å². The quantitative estimate of drug-likeness (QED) is 0.119. The summed E-state index contributed by atoms with van der Waals surface area (Å²) in [5.74, 6) is -1.27. The molecule has 0 unspecified atom stereocenters. The van der Waals surface area contributed by atoms with Crippen LogP contribution in [-0.2, 0) is 23.9 Å². The van der Waals surface area contributed by atoms with Crippen LogP contribution in [0.2, 0.25) is 0 Å². The third-order valence-corrected chi connectivity index (χ3v) is 5.41. The third kappa shape index (κ3) is 12.6. The molecule has 0 heterocycles. The Hall–Kier alpha value is -3.85. The fourth-order valence-corrected chi connectivity index (χ4v) is 3.35. The van der Waals surface area contributed by atoms with Crippen LogP contribution >= 0.6 is 11.8 Å². The molecule has 0 aromatic heterocycles. The first-order chi connectivity index (χ1) is 17.9. The lowest BCUT2D eigenvalue weighted by molar-refractivity contribution is -0.141. The summed E-state index contributed by atoms with van der Waals surface area (Å²) >= 11 is 1.10. The summed E-state index contributed by atoms with van der Waals surface area (Å²) in [6.45, 7) is 7.39. The Bertz CT molecular complexity index is 1080. The van der Waals surface area contributed by atoms with Crippen LogP contribution in [0.5, 0.6) is 11.5 Å². The number of carbonyl (C=O) groups excluding carboxylic acids is 3. The van der Waals surface area contributed by atoms with Gasteiger partial charge in [-0.25, -0.2) is 9.59 Å². The van der Waals surface area contributed by atoms with Gasteiger partial charge in [0.15, 0.2) is 0 Å². The van der Waals surface area contributed by atoms with Gasteiger partial charge in [0.25, 0.3) is 0 Å². The van der Waals surface area contributed by atoms with Crippen LogP contribution in [0.25, 0.3) is 6.08 Å². The zero-order chi connectivity index (χ0) is 26.9. The Labute approximate surface area is 219 Å². The van der Waals surface area contributed by atoms with E-state index in [0.717, 1.165) is 28.3 Å². The molecule has 0 aliphatic carbocycles. The van der Waals surface area contributed by atoms with Gasteiger partial charge in [-0.05, 0) is 72.6 Å². The molecule has 0 bridgehead atoms. The monoisotopic (exact) mass is 528 g/mol. The minimum Gasteiger partial charge on any atom is -0.494 e. The number of rotatable bonds is 16. The van der Waals surface area contributed by atoms with E-state index in [1.165, 1.54) is 6.08 Å². The molecule has 2 aromatic carbocycles. The number of hydrogen-bond acceptors (Lipinski definition) is 8. The SMILES string of the molecule is C=CC(=O)OCCCOc1ccc(/C=C/C(=O)Sc2ccc(OCCCCOC(=O)C(=C)F)cc2)cc1. The molecule has 0 aliphatic rings. The smallest absolute Gasteiger partial charge is 0.366 e. The number of hydrogen-bond donors (Lipinski definition) is 0. The van der Waals surface area contributed by atoms with Gasteiger partial charge >= 0.3 is 11.9 Å². The van der Waals surface area contributed by atoms with Crippen LogP contribution in [0, 0.1) is 0 Å². The molecule has 7 nitrogen and oxygen atoms in total. The summed E-state index contributed by atoms with van der Waals surface area (Å²) in [5, 5.41) is -0.117. The number of carbonyl (C=O) groups is 3. The fraction of sp³-hybridized carbons (Fsp3) is 0.250. The zero-order valence-electron chi connectivity index (χ0n) is 20.4. The van der Waals surface area contributed by atoms with Crippen LogP contribution in [0.15, 0.2) is 84.6 Å². The number of esters is 2. The summed E-state index contributed by atoms with van der Waals surface area (Å²) in [6.07, 6.45) is 6.09. The molecular weight excluding hydrogens is 499 g/mol. The van der Waals surface area contributed by atoms with E-state index in [2.05, 4.69) is 17.9 Å². The highest BCUT2D eigenvalue weighted by molar-refractivity contribution is 8.14. The molecule has 0 aliphatic heterocycles. The van der Waals surface area contributed by atoms with Crippen molar-refractivity contribution in [1.29, 1.82) is 0 Å². The average molecular weight is 529 g/mol. The highest BCUT2D eigenvalue weighted by atomic mass is 32.2. The van der Waals surface area contributed by atoms with Gasteiger partial charge in [0.1, 0.15) is 11.5 Å². The van der Waals surface area contributed by atoms with Crippen molar-refractivity contribution in [3.63, 3.8) is 0 Å². The molecular formula is C28H29FO7S. The summed E-state index contributed by atoms with van der Waals surface area (Å²) < 4.78 is 33.2. The van der Waals surface area contributed by atoms with Gasteiger partial charge in [0.05, 0.1) is 26.4 Å². The first-order valence-corrected chi connectivity index (χ1v) is 12.4. The Kier molecular flexibility index (Phi) is 13.3. The first kappa shape index (κ1) is 29.4. The van der Waals surface area contributed by atoms with Crippen molar-refractivity contribution < 1.29 is 37.7 Å². The topological polar surface area (TPSA) is 88.1 Å². The average Bonchev–Trinajstić information content (AvgIpc) is 2.90. The summed E-state index contributed by atoms with van der Waals surface area (Å²) in [5.41, 5.74) is 0.856. The zero-order valence-corrected chi connectivity index (χ0v) is 21.2. The number of benzene rings is 2. The molecule has 0 saturated heterocycles. The number of unbranched alkanes of at least 4 members (excludes halogenated alkanes) is 1. The van der Waals surface area contributed by atoms with Crippen LogP contribution in [0.4, 0.5) is 4.39 Å². The Morgan fingerprint density at radius 1 is 0.811 bits per heavy atom. The molecule has 37 heavy (non-hydrogen) atoms. The van der Waals surface area contributed by atoms with Crippen molar-refractivity contribution in [3.05, 3.63) is 85.2 Å². The molecule has 2 aromatic rings. The maximum atomic E-state index is 12.5. The lowest BCUT2D eigenvalue weighted by Crippen LogP contribution is -2.07. The lowest BCUT2D eigenvalue weighted by Gasteiger charge is -2.07. The van der Waals surface area contributed by atoms with Crippen LogP contribution in [0.1, 0.15) is 24.8 Å². The lowest BCUT2D eigenvalue weighted by atomic mass is 10.2. The Morgan fingerprint density at radius 2 is 1.38 bits per heavy atom. The summed E-state index contributed by atoms with van der Waals surface area (Å²) in [7, 11) is 0. The molecule has 196 valence electrons. The van der Waals surface area contributed by atoms with E-state index in [1.807, 2.05) is 12.1 Å². The Balaban J connectivity index is 1.65. The van der Waals surface area contributed by atoms with Crippen LogP contribution in [0.3, 0.4) is 0 Å². The predicted molar refractivity (Wildman–Crippen MR) is 140 cm³/mol. The van der Waals surface area contributed by atoms with E-state index in [4.69, 9.17) is 14.2 Å². The molecule has 2 rings (SSSR count). The predicted octanol–water partition coefficient (Wildman–Crippen LogP) is 5.70. The van der Waals surface area contributed by atoms with Crippen molar-refractivity contribution in [2.24, 2.45) is 0 Å². The van der Waals surface area contributed by atoms with Gasteiger partial charge in [-0.2, -0.15) is 4.39 Å². The fourth-order valence-electron chi connectivity index (χ4n) is 2.71. The Morgan fingerprint density at radius 3 is 2.00 bits per heavy atom. The highest BCUT2D eigenvalue weighted by Gasteiger charge is 2.06. The normalized spacial score (nSPS) is 10.5. The number of halogens is 1.